The molecule has 7 heteroatoms. The number of pyridine rings is 1. The van der Waals surface area contributed by atoms with Gasteiger partial charge in [0.1, 0.15) is 0 Å². The van der Waals surface area contributed by atoms with Gasteiger partial charge < -0.3 is 14.7 Å². The summed E-state index contributed by atoms with van der Waals surface area (Å²) in [5.74, 6) is 1.86. The maximum absolute atomic E-state index is 14.0. The van der Waals surface area contributed by atoms with Crippen LogP contribution in [0.25, 0.3) is 11.1 Å². The Balaban J connectivity index is 1.19. The second kappa shape index (κ2) is 11.7. The summed E-state index contributed by atoms with van der Waals surface area (Å²) in [6.07, 6.45) is 15.6. The Bertz CT molecular complexity index is 1320. The maximum Gasteiger partial charge on any atom is 0.230 e. The van der Waals surface area contributed by atoms with Crippen molar-refractivity contribution in [2.24, 2.45) is 11.8 Å². The summed E-state index contributed by atoms with van der Waals surface area (Å²) in [7, 11) is 1.67. The number of hydrogen-bond acceptors (Lipinski definition) is 5. The van der Waals surface area contributed by atoms with Gasteiger partial charge in [0.05, 0.1) is 25.5 Å². The van der Waals surface area contributed by atoms with Crippen molar-refractivity contribution in [2.75, 3.05) is 18.6 Å². The van der Waals surface area contributed by atoms with E-state index in [2.05, 4.69) is 63.1 Å². The van der Waals surface area contributed by atoms with E-state index in [1.165, 1.54) is 18.4 Å². The summed E-state index contributed by atoms with van der Waals surface area (Å²) in [5, 5.41) is 14.6. The highest BCUT2D eigenvalue weighted by Crippen LogP contribution is 2.39. The molecule has 1 aromatic carbocycles. The summed E-state index contributed by atoms with van der Waals surface area (Å²) >= 11 is 0. The molecular weight excluding hydrogens is 500 g/mol. The van der Waals surface area contributed by atoms with Gasteiger partial charge >= 0.3 is 0 Å². The first-order valence-electron chi connectivity index (χ1n) is 15.1. The van der Waals surface area contributed by atoms with Crippen LogP contribution in [0.2, 0.25) is 0 Å². The highest BCUT2D eigenvalue weighted by Gasteiger charge is 2.32. The zero-order chi connectivity index (χ0) is 27.6. The fourth-order valence-corrected chi connectivity index (χ4v) is 6.70. The second-order valence-electron chi connectivity index (χ2n) is 12.3. The molecule has 1 N–H and O–H groups in total. The number of nitrogens with zero attached hydrogens (tertiary/aromatic N) is 4. The molecule has 6 rings (SSSR count). The Morgan fingerprint density at radius 1 is 1.00 bits per heavy atom. The molecule has 0 aliphatic heterocycles. The molecule has 3 saturated carbocycles. The number of amides is 1. The van der Waals surface area contributed by atoms with Crippen LogP contribution in [0.1, 0.15) is 87.3 Å². The first-order chi connectivity index (χ1) is 19.5. The number of aliphatic hydroxyl groups excluding tert-OH is 1. The number of carbonyl (C=O) groups is 1. The van der Waals surface area contributed by atoms with Gasteiger partial charge in [0, 0.05) is 41.7 Å². The van der Waals surface area contributed by atoms with Crippen LogP contribution < -0.4 is 9.64 Å². The van der Waals surface area contributed by atoms with Gasteiger partial charge in [-0.3, -0.25) is 9.48 Å². The van der Waals surface area contributed by atoms with E-state index in [9.17, 15) is 9.90 Å². The van der Waals surface area contributed by atoms with Gasteiger partial charge in [0.25, 0.3) is 0 Å². The SMILES string of the molecule is COc1ncc([C@H]2CC[C@H](CN(c3cccc(-c4cnn(C5CC5)c4)c3)C(=O)[C@H]3CC[C@H](O)CC3)CC2)cc1C. The topological polar surface area (TPSA) is 80.5 Å². The summed E-state index contributed by atoms with van der Waals surface area (Å²) in [4.78, 5) is 20.6. The molecule has 40 heavy (non-hydrogen) atoms. The van der Waals surface area contributed by atoms with Gasteiger partial charge in [0.15, 0.2) is 0 Å². The van der Waals surface area contributed by atoms with Crippen LogP contribution in [-0.4, -0.2) is 45.5 Å². The lowest BCUT2D eigenvalue weighted by Crippen LogP contribution is -2.41. The van der Waals surface area contributed by atoms with E-state index in [1.54, 1.807) is 7.11 Å². The van der Waals surface area contributed by atoms with E-state index < -0.39 is 0 Å². The fraction of sp³-hybridized carbons (Fsp3) is 0.545. The minimum atomic E-state index is -0.268. The molecule has 0 bridgehead atoms. The number of aromatic nitrogens is 3. The van der Waals surface area contributed by atoms with Crippen molar-refractivity contribution < 1.29 is 14.6 Å². The summed E-state index contributed by atoms with van der Waals surface area (Å²) in [5.41, 5.74) is 5.56. The molecule has 3 aliphatic rings. The molecule has 0 atom stereocenters. The number of ether oxygens (including phenoxy) is 1. The molecule has 0 spiro atoms. The Labute approximate surface area is 237 Å². The number of carbonyl (C=O) groups excluding carboxylic acids is 1. The Hall–Kier alpha value is -3.19. The number of aryl methyl sites for hydroxylation is 1. The zero-order valence-corrected chi connectivity index (χ0v) is 23.8. The average Bonchev–Trinajstić information content (AvgIpc) is 3.72. The van der Waals surface area contributed by atoms with Crippen LogP contribution in [0.4, 0.5) is 5.69 Å². The van der Waals surface area contributed by atoms with E-state index in [1.807, 2.05) is 12.4 Å². The first-order valence-corrected chi connectivity index (χ1v) is 15.1. The van der Waals surface area contributed by atoms with E-state index in [0.717, 1.165) is 67.4 Å². The minimum absolute atomic E-state index is 0.0191. The van der Waals surface area contributed by atoms with E-state index in [4.69, 9.17) is 4.74 Å². The van der Waals surface area contributed by atoms with Crippen LogP contribution in [0.5, 0.6) is 5.88 Å². The van der Waals surface area contributed by atoms with Crippen LogP contribution in [0.3, 0.4) is 0 Å². The van der Waals surface area contributed by atoms with Crippen molar-refractivity contribution in [2.45, 2.75) is 89.2 Å². The van der Waals surface area contributed by atoms with E-state index in [0.29, 0.717) is 36.6 Å². The number of rotatable bonds is 8. The number of aliphatic hydroxyl groups is 1. The van der Waals surface area contributed by atoms with Gasteiger partial charge in [-0.05, 0) is 112 Å². The van der Waals surface area contributed by atoms with Crippen molar-refractivity contribution >= 4 is 11.6 Å². The molecule has 2 heterocycles. The van der Waals surface area contributed by atoms with Crippen molar-refractivity contribution in [1.29, 1.82) is 0 Å². The monoisotopic (exact) mass is 542 g/mol. The standard InChI is InChI=1S/C33H42N4O3/c1-22-16-27(18-34-32(22)40-2)24-8-6-23(7-9-24)20-36(33(39)25-10-14-31(38)15-11-25)30-5-3-4-26(17-30)28-19-35-37(21-28)29-12-13-29/h3-5,16-19,21,23-25,29,31,38H,6-15,20H2,1-2H3/t23-,24-,25-,31-. The lowest BCUT2D eigenvalue weighted by atomic mass is 9.78. The number of methoxy groups -OCH3 is 1. The molecular formula is C33H42N4O3. The molecule has 0 unspecified atom stereocenters. The Morgan fingerprint density at radius 3 is 2.48 bits per heavy atom. The minimum Gasteiger partial charge on any atom is -0.481 e. The number of benzene rings is 1. The second-order valence-corrected chi connectivity index (χ2v) is 12.3. The smallest absolute Gasteiger partial charge is 0.230 e. The summed E-state index contributed by atoms with van der Waals surface area (Å²) in [6, 6.07) is 11.2. The number of hydrogen-bond donors (Lipinski definition) is 1. The molecule has 3 aromatic rings. The van der Waals surface area contributed by atoms with Crippen molar-refractivity contribution in [3.8, 4) is 17.0 Å². The predicted octanol–water partition coefficient (Wildman–Crippen LogP) is 6.46. The third-order valence-electron chi connectivity index (χ3n) is 9.33. The van der Waals surface area contributed by atoms with Gasteiger partial charge in [-0.25, -0.2) is 4.98 Å². The van der Waals surface area contributed by atoms with Gasteiger partial charge in [-0.2, -0.15) is 5.10 Å². The highest BCUT2D eigenvalue weighted by molar-refractivity contribution is 5.95. The Kier molecular flexibility index (Phi) is 7.92. The molecule has 2 aromatic heterocycles. The molecule has 1 amide bonds. The molecule has 3 aliphatic carbocycles. The average molecular weight is 543 g/mol. The summed E-state index contributed by atoms with van der Waals surface area (Å²) in [6.45, 7) is 2.80. The van der Waals surface area contributed by atoms with Crippen LogP contribution >= 0.6 is 0 Å². The van der Waals surface area contributed by atoms with Gasteiger partial charge in [-0.1, -0.05) is 12.1 Å². The highest BCUT2D eigenvalue weighted by atomic mass is 16.5. The van der Waals surface area contributed by atoms with E-state index >= 15 is 0 Å². The summed E-state index contributed by atoms with van der Waals surface area (Å²) < 4.78 is 7.43. The molecule has 0 saturated heterocycles. The zero-order valence-electron chi connectivity index (χ0n) is 23.8. The molecule has 3 fully saturated rings. The molecule has 0 radical (unpaired) electrons. The van der Waals surface area contributed by atoms with Crippen molar-refractivity contribution in [3.63, 3.8) is 0 Å². The van der Waals surface area contributed by atoms with Crippen LogP contribution in [0, 0.1) is 18.8 Å². The Morgan fingerprint density at radius 2 is 1.77 bits per heavy atom. The lowest BCUT2D eigenvalue weighted by Gasteiger charge is -2.36. The largest absolute Gasteiger partial charge is 0.481 e. The quantitative estimate of drug-likeness (QED) is 0.354. The fourth-order valence-electron chi connectivity index (χ4n) is 6.70. The number of anilines is 1. The maximum atomic E-state index is 14.0. The third kappa shape index (κ3) is 5.95. The predicted molar refractivity (Wildman–Crippen MR) is 156 cm³/mol. The van der Waals surface area contributed by atoms with Crippen molar-refractivity contribution in [3.05, 3.63) is 60.0 Å². The lowest BCUT2D eigenvalue weighted by molar-refractivity contribution is -0.124. The normalized spacial score (nSPS) is 25.0. The molecule has 7 nitrogen and oxygen atoms in total. The van der Waals surface area contributed by atoms with Crippen LogP contribution in [0.15, 0.2) is 48.9 Å². The van der Waals surface area contributed by atoms with Gasteiger partial charge in [-0.15, -0.1) is 0 Å². The van der Waals surface area contributed by atoms with Gasteiger partial charge in [0.2, 0.25) is 11.8 Å². The first kappa shape index (κ1) is 27.0. The third-order valence-corrected chi connectivity index (χ3v) is 9.33. The molecule has 212 valence electrons. The van der Waals surface area contributed by atoms with Crippen LogP contribution in [-0.2, 0) is 4.79 Å². The van der Waals surface area contributed by atoms with E-state index in [-0.39, 0.29) is 17.9 Å². The van der Waals surface area contributed by atoms with Crippen molar-refractivity contribution in [1.82, 2.24) is 14.8 Å².